The number of hydrogen-bond acceptors (Lipinski definition) is 1. The fourth-order valence-electron chi connectivity index (χ4n) is 1.59. The lowest BCUT2D eigenvalue weighted by Crippen LogP contribution is -1.96. The molecule has 0 aromatic carbocycles. The third-order valence-corrected chi connectivity index (χ3v) is 12.3. The van der Waals surface area contributed by atoms with E-state index in [2.05, 4.69) is 6.66 Å². The van der Waals surface area contributed by atoms with Gasteiger partial charge in [0.1, 0.15) is 10.6 Å². The smallest absolute Gasteiger partial charge is 0.0116 e. The summed E-state index contributed by atoms with van der Waals surface area (Å²) in [7, 11) is 7.64. The highest BCUT2D eigenvalue weighted by atomic mass is 35.7. The minimum atomic E-state index is -0.690. The highest BCUT2D eigenvalue weighted by molar-refractivity contribution is 8.72. The van der Waals surface area contributed by atoms with Crippen LogP contribution in [0.25, 0.3) is 0 Å². The largest absolute Gasteiger partial charge is 0.125 e. The second-order valence-electron chi connectivity index (χ2n) is 3.59. The van der Waals surface area contributed by atoms with E-state index in [1.807, 2.05) is 0 Å². The molecule has 0 nitrogen and oxygen atoms in total. The molecule has 0 aromatic heterocycles. The Morgan fingerprint density at radius 3 is 1.80 bits per heavy atom. The predicted octanol–water partition coefficient (Wildman–Crippen LogP) is 3.76. The van der Waals surface area contributed by atoms with Crippen LogP contribution in [-0.4, -0.2) is 18.0 Å². The SMILES string of the molecule is C[P+](SCl)(C1CC1)C1CC1. The molecule has 3 heteroatoms. The van der Waals surface area contributed by atoms with Crippen LogP contribution in [-0.2, 0) is 0 Å². The van der Waals surface area contributed by atoms with Gasteiger partial charge in [-0.05, 0) is 25.7 Å². The van der Waals surface area contributed by atoms with Crippen LogP contribution in [0.15, 0.2) is 0 Å². The van der Waals surface area contributed by atoms with Gasteiger partial charge in [-0.1, -0.05) is 0 Å². The molecule has 10 heavy (non-hydrogen) atoms. The fourth-order valence-corrected chi connectivity index (χ4v) is 8.73. The summed E-state index contributed by atoms with van der Waals surface area (Å²) in [5.74, 6) is 0. The van der Waals surface area contributed by atoms with Crippen molar-refractivity contribution in [1.29, 1.82) is 0 Å². The molecule has 2 rings (SSSR count). The van der Waals surface area contributed by atoms with Crippen LogP contribution in [0.1, 0.15) is 25.7 Å². The Kier molecular flexibility index (Phi) is 1.95. The van der Waals surface area contributed by atoms with Gasteiger partial charge in [-0.15, -0.1) is 0 Å². The Labute approximate surface area is 71.7 Å². The Hall–Kier alpha value is 1.07. The van der Waals surface area contributed by atoms with Gasteiger partial charge in [0.15, 0.2) is 0 Å². The van der Waals surface area contributed by atoms with Crippen LogP contribution in [0.2, 0.25) is 0 Å². The lowest BCUT2D eigenvalue weighted by atomic mass is 10.9. The topological polar surface area (TPSA) is 0 Å². The summed E-state index contributed by atoms with van der Waals surface area (Å²) >= 11 is 0. The number of halogens is 1. The van der Waals surface area contributed by atoms with Crippen molar-refractivity contribution in [2.24, 2.45) is 0 Å². The molecule has 0 heterocycles. The van der Waals surface area contributed by atoms with E-state index in [0.29, 0.717) is 0 Å². The van der Waals surface area contributed by atoms with Crippen LogP contribution in [0.3, 0.4) is 0 Å². The third kappa shape index (κ3) is 1.21. The van der Waals surface area contributed by atoms with Crippen molar-refractivity contribution in [3.63, 3.8) is 0 Å². The number of hydrogen-bond donors (Lipinski definition) is 0. The first-order valence-corrected chi connectivity index (χ1v) is 8.56. The zero-order chi connectivity index (χ0) is 7.19. The van der Waals surface area contributed by atoms with Gasteiger partial charge in [0.25, 0.3) is 0 Å². The molecule has 0 unspecified atom stereocenters. The summed E-state index contributed by atoms with van der Waals surface area (Å²) in [5, 5.41) is 0. The minimum Gasteiger partial charge on any atom is -0.0116 e. The van der Waals surface area contributed by atoms with Crippen molar-refractivity contribution in [3.8, 4) is 0 Å². The third-order valence-electron chi connectivity index (χ3n) is 2.69. The number of rotatable bonds is 3. The molecule has 2 saturated carbocycles. The van der Waals surface area contributed by atoms with Crippen LogP contribution in [0, 0.1) is 0 Å². The maximum absolute atomic E-state index is 5.94. The summed E-state index contributed by atoms with van der Waals surface area (Å²) in [6.45, 7) is 1.77. The van der Waals surface area contributed by atoms with Crippen molar-refractivity contribution in [2.75, 3.05) is 6.66 Å². The van der Waals surface area contributed by atoms with E-state index in [1.165, 1.54) is 25.7 Å². The van der Waals surface area contributed by atoms with E-state index in [1.54, 1.807) is 10.6 Å². The maximum atomic E-state index is 5.94. The van der Waals surface area contributed by atoms with E-state index >= 15 is 0 Å². The minimum absolute atomic E-state index is 0.690. The zero-order valence-corrected chi connectivity index (χ0v) is 8.68. The molecule has 2 fully saturated rings. The first kappa shape index (κ1) is 7.71. The predicted molar refractivity (Wildman–Crippen MR) is 52.3 cm³/mol. The van der Waals surface area contributed by atoms with E-state index in [9.17, 15) is 0 Å². The van der Waals surface area contributed by atoms with Gasteiger partial charge in [-0.25, -0.2) is 0 Å². The fraction of sp³-hybridized carbons (Fsp3) is 1.00. The summed E-state index contributed by atoms with van der Waals surface area (Å²) in [4.78, 5) is 0. The molecule has 0 N–H and O–H groups in total. The second kappa shape index (κ2) is 2.54. The Balaban J connectivity index is 2.03. The molecule has 2 aliphatic carbocycles. The van der Waals surface area contributed by atoms with E-state index < -0.39 is 6.46 Å². The molecule has 0 bridgehead atoms. The average Bonchev–Trinajstić information content (AvgIpc) is 2.73. The zero-order valence-electron chi connectivity index (χ0n) is 6.22. The highest BCUT2D eigenvalue weighted by Crippen LogP contribution is 2.85. The Morgan fingerprint density at radius 1 is 1.20 bits per heavy atom. The van der Waals surface area contributed by atoms with Crippen molar-refractivity contribution >= 4 is 27.7 Å². The van der Waals surface area contributed by atoms with Crippen molar-refractivity contribution < 1.29 is 0 Å². The standard InChI is InChI=1S/C7H13ClPS/c1-9(10-8,6-2-3-6)7-4-5-7/h6-7H,2-5H2,1H3/q+1. The van der Waals surface area contributed by atoms with E-state index in [-0.39, 0.29) is 0 Å². The van der Waals surface area contributed by atoms with Crippen LogP contribution < -0.4 is 0 Å². The van der Waals surface area contributed by atoms with Crippen molar-refractivity contribution in [2.45, 2.75) is 37.0 Å². The molecule has 2 aliphatic rings. The molecule has 0 spiro atoms. The highest BCUT2D eigenvalue weighted by Gasteiger charge is 2.59. The quantitative estimate of drug-likeness (QED) is 0.618. The van der Waals surface area contributed by atoms with Gasteiger partial charge in [-0.3, -0.25) is 0 Å². The van der Waals surface area contributed by atoms with Gasteiger partial charge in [-0.2, -0.15) is 0 Å². The summed E-state index contributed by atoms with van der Waals surface area (Å²) < 4.78 is 0. The normalized spacial score (nSPS) is 27.0. The first-order valence-electron chi connectivity index (χ1n) is 3.93. The molecule has 0 radical (unpaired) electrons. The lowest BCUT2D eigenvalue weighted by Gasteiger charge is -2.15. The van der Waals surface area contributed by atoms with Crippen molar-refractivity contribution in [3.05, 3.63) is 0 Å². The molecule has 0 aliphatic heterocycles. The molecular formula is C7H13ClPS+. The monoisotopic (exact) mass is 195 g/mol. The van der Waals surface area contributed by atoms with Gasteiger partial charge in [0, 0.05) is 10.7 Å². The van der Waals surface area contributed by atoms with Gasteiger partial charge in [0.2, 0.25) is 0 Å². The maximum Gasteiger partial charge on any atom is 0.125 e. The lowest BCUT2D eigenvalue weighted by molar-refractivity contribution is 1.37. The van der Waals surface area contributed by atoms with Crippen LogP contribution >= 0.6 is 27.7 Å². The van der Waals surface area contributed by atoms with Crippen molar-refractivity contribution in [1.82, 2.24) is 0 Å². The summed E-state index contributed by atoms with van der Waals surface area (Å²) in [5.41, 5.74) is 2.12. The van der Waals surface area contributed by atoms with Gasteiger partial charge in [0.05, 0.1) is 24.4 Å². The van der Waals surface area contributed by atoms with Gasteiger partial charge >= 0.3 is 0 Å². The van der Waals surface area contributed by atoms with E-state index in [0.717, 1.165) is 11.3 Å². The van der Waals surface area contributed by atoms with Gasteiger partial charge < -0.3 is 0 Å². The molecule has 0 amide bonds. The second-order valence-corrected chi connectivity index (χ2v) is 11.3. The molecule has 0 aromatic rings. The molecule has 0 saturated heterocycles. The molecule has 58 valence electrons. The summed E-state index contributed by atoms with van der Waals surface area (Å²) in [6.07, 6.45) is 5.89. The summed E-state index contributed by atoms with van der Waals surface area (Å²) in [6, 6.07) is 0. The Morgan fingerprint density at radius 2 is 1.60 bits per heavy atom. The molecule has 0 atom stereocenters. The van der Waals surface area contributed by atoms with Crippen LogP contribution in [0.4, 0.5) is 0 Å². The van der Waals surface area contributed by atoms with Crippen LogP contribution in [0.5, 0.6) is 0 Å². The average molecular weight is 196 g/mol. The van der Waals surface area contributed by atoms with E-state index in [4.69, 9.17) is 10.7 Å². The Bertz CT molecular complexity index is 131. The molecular weight excluding hydrogens is 183 g/mol. The first-order chi connectivity index (χ1) is 4.77.